The molecule has 1 fully saturated rings. The number of anilines is 2. The van der Waals surface area contributed by atoms with Gasteiger partial charge in [0.15, 0.2) is 0 Å². The maximum absolute atomic E-state index is 12.5. The zero-order valence-electron chi connectivity index (χ0n) is 14.2. The number of aromatic nitrogens is 2. The van der Waals surface area contributed by atoms with Gasteiger partial charge in [-0.1, -0.05) is 19.1 Å². The fourth-order valence-electron chi connectivity index (χ4n) is 3.18. The molecule has 1 N–H and O–H groups in total. The lowest BCUT2D eigenvalue weighted by molar-refractivity contribution is -0.137. The van der Waals surface area contributed by atoms with Crippen LogP contribution >= 0.6 is 0 Å². The van der Waals surface area contributed by atoms with E-state index >= 15 is 0 Å². The molecule has 1 aromatic heterocycles. The lowest BCUT2D eigenvalue weighted by atomic mass is 10.0. The van der Waals surface area contributed by atoms with Crippen molar-refractivity contribution in [3.8, 4) is 0 Å². The van der Waals surface area contributed by atoms with Crippen LogP contribution in [-0.2, 0) is 17.8 Å². The molecule has 5 nitrogen and oxygen atoms in total. The van der Waals surface area contributed by atoms with Gasteiger partial charge in [0.1, 0.15) is 0 Å². The summed E-state index contributed by atoms with van der Waals surface area (Å²) in [6.07, 6.45) is 4.69. The second-order valence-electron chi connectivity index (χ2n) is 7.20. The van der Waals surface area contributed by atoms with Gasteiger partial charge in [-0.15, -0.1) is 0 Å². The zero-order valence-corrected chi connectivity index (χ0v) is 14.2. The largest absolute Gasteiger partial charge is 0.337 e. The SMILES string of the molecule is Cc1cccc(Nc2ncc3c(n2)CCN(C(=O)C2(C)CC2)C3)c1. The average Bonchev–Trinajstić information content (AvgIpc) is 3.33. The monoisotopic (exact) mass is 322 g/mol. The van der Waals surface area contributed by atoms with E-state index in [4.69, 9.17) is 0 Å². The lowest BCUT2D eigenvalue weighted by Crippen LogP contribution is -2.40. The number of hydrogen-bond acceptors (Lipinski definition) is 4. The molecule has 0 radical (unpaired) electrons. The van der Waals surface area contributed by atoms with E-state index in [1.807, 2.05) is 23.2 Å². The molecule has 0 unspecified atom stereocenters. The van der Waals surface area contributed by atoms with E-state index in [1.54, 1.807) is 0 Å². The third kappa shape index (κ3) is 2.86. The Morgan fingerprint density at radius 3 is 2.92 bits per heavy atom. The van der Waals surface area contributed by atoms with Crippen molar-refractivity contribution in [3.05, 3.63) is 47.3 Å². The summed E-state index contributed by atoms with van der Waals surface area (Å²) in [5.41, 5.74) is 4.19. The molecule has 1 aliphatic carbocycles. The van der Waals surface area contributed by atoms with Crippen LogP contribution < -0.4 is 5.32 Å². The number of nitrogens with one attached hydrogen (secondary N) is 1. The molecular formula is C19H22N4O. The maximum atomic E-state index is 12.5. The average molecular weight is 322 g/mol. The van der Waals surface area contributed by atoms with Gasteiger partial charge < -0.3 is 10.2 Å². The molecule has 24 heavy (non-hydrogen) atoms. The van der Waals surface area contributed by atoms with Gasteiger partial charge in [-0.3, -0.25) is 4.79 Å². The molecule has 2 heterocycles. The minimum atomic E-state index is -0.106. The molecule has 124 valence electrons. The van der Waals surface area contributed by atoms with Crippen LogP contribution in [0.3, 0.4) is 0 Å². The van der Waals surface area contributed by atoms with E-state index in [2.05, 4.69) is 41.3 Å². The van der Waals surface area contributed by atoms with Crippen molar-refractivity contribution < 1.29 is 4.79 Å². The maximum Gasteiger partial charge on any atom is 0.228 e. The van der Waals surface area contributed by atoms with E-state index < -0.39 is 0 Å². The van der Waals surface area contributed by atoms with Crippen LogP contribution in [0.2, 0.25) is 0 Å². The quantitative estimate of drug-likeness (QED) is 0.942. The van der Waals surface area contributed by atoms with Crippen molar-refractivity contribution in [2.45, 2.75) is 39.7 Å². The molecule has 1 saturated carbocycles. The Morgan fingerprint density at radius 1 is 1.33 bits per heavy atom. The molecule has 1 aromatic carbocycles. The van der Waals surface area contributed by atoms with Crippen LogP contribution in [0.5, 0.6) is 0 Å². The highest BCUT2D eigenvalue weighted by Gasteiger charge is 2.47. The highest BCUT2D eigenvalue weighted by Crippen LogP contribution is 2.47. The fraction of sp³-hybridized carbons (Fsp3) is 0.421. The predicted molar refractivity (Wildman–Crippen MR) is 93.0 cm³/mol. The molecule has 0 bridgehead atoms. The standard InChI is InChI=1S/C19H22N4O/c1-13-4-3-5-15(10-13)21-18-20-11-14-12-23(9-6-16(14)22-18)17(24)19(2)7-8-19/h3-5,10-11H,6-9,12H2,1-2H3,(H,20,21,22). The van der Waals surface area contributed by atoms with Crippen LogP contribution in [0.25, 0.3) is 0 Å². The van der Waals surface area contributed by atoms with Crippen molar-refractivity contribution >= 4 is 17.5 Å². The molecule has 0 atom stereocenters. The Hall–Kier alpha value is -2.43. The third-order valence-electron chi connectivity index (χ3n) is 5.01. The number of hydrogen-bond donors (Lipinski definition) is 1. The number of carbonyl (C=O) groups excluding carboxylic acids is 1. The van der Waals surface area contributed by atoms with Crippen molar-refractivity contribution in [1.29, 1.82) is 0 Å². The summed E-state index contributed by atoms with van der Waals surface area (Å²) in [6, 6.07) is 8.15. The number of aryl methyl sites for hydroxylation is 1. The van der Waals surface area contributed by atoms with E-state index in [0.29, 0.717) is 12.5 Å². The van der Waals surface area contributed by atoms with Crippen molar-refractivity contribution in [2.75, 3.05) is 11.9 Å². The first-order valence-electron chi connectivity index (χ1n) is 8.51. The highest BCUT2D eigenvalue weighted by molar-refractivity contribution is 5.85. The predicted octanol–water partition coefficient (Wildman–Crippen LogP) is 3.21. The first-order chi connectivity index (χ1) is 11.5. The lowest BCUT2D eigenvalue weighted by Gasteiger charge is -2.30. The molecular weight excluding hydrogens is 300 g/mol. The van der Waals surface area contributed by atoms with Crippen LogP contribution in [0.4, 0.5) is 11.6 Å². The van der Waals surface area contributed by atoms with Gasteiger partial charge in [0.2, 0.25) is 11.9 Å². The Morgan fingerprint density at radius 2 is 2.17 bits per heavy atom. The van der Waals surface area contributed by atoms with Crippen LogP contribution in [0, 0.1) is 12.3 Å². The van der Waals surface area contributed by atoms with Crippen LogP contribution in [0.1, 0.15) is 36.6 Å². The van der Waals surface area contributed by atoms with E-state index in [0.717, 1.165) is 42.8 Å². The number of rotatable bonds is 3. The van der Waals surface area contributed by atoms with Crippen LogP contribution in [-0.4, -0.2) is 27.3 Å². The van der Waals surface area contributed by atoms with Gasteiger partial charge in [0, 0.05) is 42.4 Å². The molecule has 0 spiro atoms. The van der Waals surface area contributed by atoms with Gasteiger partial charge >= 0.3 is 0 Å². The number of carbonyl (C=O) groups is 1. The summed E-state index contributed by atoms with van der Waals surface area (Å²) in [5.74, 6) is 0.906. The molecule has 1 amide bonds. The summed E-state index contributed by atoms with van der Waals surface area (Å²) in [4.78, 5) is 23.5. The smallest absolute Gasteiger partial charge is 0.228 e. The van der Waals surface area contributed by atoms with Gasteiger partial charge in [0.05, 0.1) is 5.69 Å². The number of fused-ring (bicyclic) bond motifs is 1. The molecule has 1 aliphatic heterocycles. The minimum absolute atomic E-state index is 0.106. The number of amides is 1. The Kier molecular flexibility index (Phi) is 3.52. The third-order valence-corrected chi connectivity index (χ3v) is 5.01. The molecule has 2 aromatic rings. The van der Waals surface area contributed by atoms with Crippen LogP contribution in [0.15, 0.2) is 30.5 Å². The molecule has 5 heteroatoms. The summed E-state index contributed by atoms with van der Waals surface area (Å²) >= 11 is 0. The van der Waals surface area contributed by atoms with Gasteiger partial charge in [0.25, 0.3) is 0 Å². The Labute approximate surface area is 142 Å². The van der Waals surface area contributed by atoms with Gasteiger partial charge in [-0.2, -0.15) is 0 Å². The van der Waals surface area contributed by atoms with E-state index in [1.165, 1.54) is 5.56 Å². The minimum Gasteiger partial charge on any atom is -0.337 e. The second kappa shape index (κ2) is 5.58. The molecule has 2 aliphatic rings. The fourth-order valence-corrected chi connectivity index (χ4v) is 3.18. The zero-order chi connectivity index (χ0) is 16.7. The molecule has 4 rings (SSSR count). The summed E-state index contributed by atoms with van der Waals surface area (Å²) < 4.78 is 0. The van der Waals surface area contributed by atoms with Gasteiger partial charge in [-0.25, -0.2) is 9.97 Å². The highest BCUT2D eigenvalue weighted by atomic mass is 16.2. The summed E-state index contributed by atoms with van der Waals surface area (Å²) in [5, 5.41) is 3.26. The van der Waals surface area contributed by atoms with E-state index in [-0.39, 0.29) is 11.3 Å². The number of nitrogens with zero attached hydrogens (tertiary/aromatic N) is 3. The Balaban J connectivity index is 1.50. The topological polar surface area (TPSA) is 58.1 Å². The van der Waals surface area contributed by atoms with Crippen molar-refractivity contribution in [2.24, 2.45) is 5.41 Å². The van der Waals surface area contributed by atoms with E-state index in [9.17, 15) is 4.79 Å². The summed E-state index contributed by atoms with van der Waals surface area (Å²) in [6.45, 7) is 5.51. The normalized spacial score (nSPS) is 18.0. The van der Waals surface area contributed by atoms with Crippen molar-refractivity contribution in [1.82, 2.24) is 14.9 Å². The molecule has 0 saturated heterocycles. The first kappa shape index (κ1) is 15.1. The first-order valence-corrected chi connectivity index (χ1v) is 8.51. The summed E-state index contributed by atoms with van der Waals surface area (Å²) in [7, 11) is 0. The van der Waals surface area contributed by atoms with Crippen molar-refractivity contribution in [3.63, 3.8) is 0 Å². The second-order valence-corrected chi connectivity index (χ2v) is 7.20. The number of benzene rings is 1. The Bertz CT molecular complexity index is 798. The van der Waals surface area contributed by atoms with Gasteiger partial charge in [-0.05, 0) is 37.5 Å².